The summed E-state index contributed by atoms with van der Waals surface area (Å²) in [7, 11) is 0. The maximum absolute atomic E-state index is 12.9. The first-order chi connectivity index (χ1) is 13.5. The molecular weight excluding hydrogens is 360 g/mol. The molecule has 2 aliphatic heterocycles. The molecule has 0 saturated carbocycles. The number of cyclic esters (lactones) is 1. The second-order valence-corrected chi connectivity index (χ2v) is 6.63. The lowest BCUT2D eigenvalue weighted by molar-refractivity contribution is -0.157. The quantitative estimate of drug-likeness (QED) is 0.455. The number of aromatic nitrogens is 2. The van der Waals surface area contributed by atoms with Crippen molar-refractivity contribution in [2.75, 3.05) is 0 Å². The van der Waals surface area contributed by atoms with Crippen LogP contribution in [0, 0.1) is 6.92 Å². The van der Waals surface area contributed by atoms with Gasteiger partial charge in [0.15, 0.2) is 6.10 Å². The fraction of sp³-hybridized carbons (Fsp3) is 0.286. The molecule has 0 radical (unpaired) electrons. The third kappa shape index (κ3) is 2.43. The van der Waals surface area contributed by atoms with Gasteiger partial charge in [0.05, 0.1) is 29.0 Å². The Hall–Kier alpha value is -3.19. The Bertz CT molecular complexity index is 1200. The molecule has 144 valence electrons. The lowest BCUT2D eigenvalue weighted by Gasteiger charge is -2.21. The predicted molar refractivity (Wildman–Crippen MR) is 103 cm³/mol. The van der Waals surface area contributed by atoms with Gasteiger partial charge in [-0.05, 0) is 36.8 Å². The van der Waals surface area contributed by atoms with Crippen LogP contribution in [0.4, 0.5) is 0 Å². The van der Waals surface area contributed by atoms with Gasteiger partial charge in [0, 0.05) is 16.5 Å². The number of aliphatic hydroxyl groups excluding tert-OH is 1. The van der Waals surface area contributed by atoms with Crippen molar-refractivity contribution in [2.24, 2.45) is 0 Å². The minimum Gasteiger partial charge on any atom is -0.508 e. The van der Waals surface area contributed by atoms with E-state index in [9.17, 15) is 19.8 Å². The van der Waals surface area contributed by atoms with Crippen molar-refractivity contribution in [2.45, 2.75) is 40.0 Å². The van der Waals surface area contributed by atoms with Crippen molar-refractivity contribution >= 4 is 16.9 Å². The van der Waals surface area contributed by atoms with Crippen LogP contribution >= 0.6 is 0 Å². The van der Waals surface area contributed by atoms with Crippen molar-refractivity contribution in [3.05, 3.63) is 56.9 Å². The highest BCUT2D eigenvalue weighted by Gasteiger charge is 2.34. The summed E-state index contributed by atoms with van der Waals surface area (Å²) in [6.45, 7) is 6.15. The zero-order chi connectivity index (χ0) is 20.2. The van der Waals surface area contributed by atoms with Gasteiger partial charge >= 0.3 is 5.97 Å². The van der Waals surface area contributed by atoms with E-state index in [0.29, 0.717) is 29.0 Å². The molecule has 2 aliphatic rings. The molecule has 0 unspecified atom stereocenters. The zero-order valence-corrected chi connectivity index (χ0v) is 15.8. The Labute approximate surface area is 160 Å². The summed E-state index contributed by atoms with van der Waals surface area (Å²) in [4.78, 5) is 29.2. The number of hydrogen-bond donors (Lipinski definition) is 2. The first-order valence-corrected chi connectivity index (χ1v) is 9.19. The van der Waals surface area contributed by atoms with E-state index >= 15 is 0 Å². The Kier molecular flexibility index (Phi) is 4.19. The Morgan fingerprint density at radius 2 is 1.93 bits per heavy atom. The third-order valence-corrected chi connectivity index (χ3v) is 5.23. The number of esters is 1. The number of phenols is 1. The standard InChI is InChI=1S/C19H14N2O5.C2H6/c1-8-10-4-9(22)2-3-14(10)20-16-12(8)6-21-15(16)5-11-13(18(21)24)7-26-19(25)17(11)23;1-2/h2-5,17,22-23H,6-7H2,1H3;1-2H3/t17-;/m0./s1. The number of carbonyl (C=O) groups is 1. The summed E-state index contributed by atoms with van der Waals surface area (Å²) in [6.07, 6.45) is -1.46. The molecule has 0 aliphatic carbocycles. The van der Waals surface area contributed by atoms with E-state index in [4.69, 9.17) is 4.74 Å². The van der Waals surface area contributed by atoms with Gasteiger partial charge < -0.3 is 19.5 Å². The van der Waals surface area contributed by atoms with E-state index in [1.165, 1.54) is 0 Å². The summed E-state index contributed by atoms with van der Waals surface area (Å²) in [5.74, 6) is -0.595. The molecule has 0 fully saturated rings. The van der Waals surface area contributed by atoms with Gasteiger partial charge in [-0.25, -0.2) is 9.78 Å². The molecule has 7 nitrogen and oxygen atoms in total. The smallest absolute Gasteiger partial charge is 0.340 e. The van der Waals surface area contributed by atoms with Crippen LogP contribution in [0.25, 0.3) is 22.3 Å². The van der Waals surface area contributed by atoms with Gasteiger partial charge in [-0.2, -0.15) is 0 Å². The van der Waals surface area contributed by atoms with Crippen LogP contribution in [-0.2, 0) is 22.7 Å². The summed E-state index contributed by atoms with van der Waals surface area (Å²) >= 11 is 0. The van der Waals surface area contributed by atoms with E-state index < -0.39 is 12.1 Å². The van der Waals surface area contributed by atoms with Gasteiger partial charge in [0.1, 0.15) is 12.4 Å². The van der Waals surface area contributed by atoms with Crippen LogP contribution in [-0.4, -0.2) is 25.7 Å². The summed E-state index contributed by atoms with van der Waals surface area (Å²) in [5, 5.41) is 20.7. The Morgan fingerprint density at radius 3 is 2.68 bits per heavy atom. The Balaban J connectivity index is 0.000000932. The number of phenolic OH excluding ortho intramolecular Hbond substituents is 1. The van der Waals surface area contributed by atoms with Crippen LogP contribution < -0.4 is 5.56 Å². The minimum atomic E-state index is -1.46. The first-order valence-electron chi connectivity index (χ1n) is 9.19. The summed E-state index contributed by atoms with van der Waals surface area (Å²) < 4.78 is 6.48. The molecule has 5 rings (SSSR count). The second kappa shape index (κ2) is 6.45. The molecular formula is C21H20N2O5. The predicted octanol–water partition coefficient (Wildman–Crippen LogP) is 2.56. The van der Waals surface area contributed by atoms with Crippen molar-refractivity contribution < 1.29 is 19.7 Å². The highest BCUT2D eigenvalue weighted by molar-refractivity contribution is 5.89. The van der Waals surface area contributed by atoms with E-state index in [-0.39, 0.29) is 23.5 Å². The van der Waals surface area contributed by atoms with Crippen molar-refractivity contribution in [3.8, 4) is 17.1 Å². The summed E-state index contributed by atoms with van der Waals surface area (Å²) in [5.41, 5.74) is 4.08. The van der Waals surface area contributed by atoms with Crippen molar-refractivity contribution in [1.29, 1.82) is 0 Å². The van der Waals surface area contributed by atoms with Gasteiger partial charge in [-0.1, -0.05) is 13.8 Å². The number of pyridine rings is 2. The van der Waals surface area contributed by atoms with Gasteiger partial charge in [0.2, 0.25) is 0 Å². The number of carbonyl (C=O) groups excluding carboxylic acids is 1. The number of hydrogen-bond acceptors (Lipinski definition) is 6. The summed E-state index contributed by atoms with van der Waals surface area (Å²) in [6, 6.07) is 6.61. The lowest BCUT2D eigenvalue weighted by Crippen LogP contribution is -2.32. The first kappa shape index (κ1) is 18.2. The van der Waals surface area contributed by atoms with E-state index in [2.05, 4.69) is 4.98 Å². The van der Waals surface area contributed by atoms with Gasteiger partial charge in [0.25, 0.3) is 5.56 Å². The van der Waals surface area contributed by atoms with Crippen LogP contribution in [0.3, 0.4) is 0 Å². The number of fused-ring (bicyclic) bond motifs is 5. The molecule has 0 spiro atoms. The van der Waals surface area contributed by atoms with Crippen LogP contribution in [0.2, 0.25) is 0 Å². The van der Waals surface area contributed by atoms with Crippen molar-refractivity contribution in [1.82, 2.24) is 9.55 Å². The number of ether oxygens (including phenoxy) is 1. The topological polar surface area (TPSA) is 102 Å². The van der Waals surface area contributed by atoms with Crippen molar-refractivity contribution in [3.63, 3.8) is 0 Å². The fourth-order valence-corrected chi connectivity index (χ4v) is 3.81. The molecule has 2 aromatic heterocycles. The maximum Gasteiger partial charge on any atom is 0.340 e. The average molecular weight is 380 g/mol. The van der Waals surface area contributed by atoms with Gasteiger partial charge in [-0.3, -0.25) is 4.79 Å². The largest absolute Gasteiger partial charge is 0.508 e. The van der Waals surface area contributed by atoms with Crippen LogP contribution in [0.5, 0.6) is 5.75 Å². The highest BCUT2D eigenvalue weighted by Crippen LogP contribution is 2.37. The van der Waals surface area contributed by atoms with Crippen LogP contribution in [0.15, 0.2) is 29.1 Å². The number of nitrogens with zero attached hydrogens (tertiary/aromatic N) is 2. The Morgan fingerprint density at radius 1 is 1.18 bits per heavy atom. The monoisotopic (exact) mass is 380 g/mol. The molecule has 28 heavy (non-hydrogen) atoms. The van der Waals surface area contributed by atoms with E-state index in [1.807, 2.05) is 20.8 Å². The number of aryl methyl sites for hydroxylation is 1. The van der Waals surface area contributed by atoms with Crippen LogP contribution in [0.1, 0.15) is 42.2 Å². The van der Waals surface area contributed by atoms with E-state index in [1.54, 1.807) is 28.8 Å². The molecule has 1 aromatic carbocycles. The number of aliphatic hydroxyl groups is 1. The molecule has 0 bridgehead atoms. The SMILES string of the molecule is CC.Cc1c2c(nc3ccc(O)cc13)-c1cc3c(c(=O)n1C2)COC(=O)[C@H]3O. The molecule has 7 heteroatoms. The lowest BCUT2D eigenvalue weighted by atomic mass is 9.99. The van der Waals surface area contributed by atoms with Gasteiger partial charge in [-0.15, -0.1) is 0 Å². The molecule has 2 N–H and O–H groups in total. The molecule has 4 heterocycles. The minimum absolute atomic E-state index is 0.136. The van der Waals surface area contributed by atoms with E-state index in [0.717, 1.165) is 16.5 Å². The highest BCUT2D eigenvalue weighted by atomic mass is 16.5. The maximum atomic E-state index is 12.9. The molecule has 0 amide bonds. The molecule has 1 atom stereocenters. The normalized spacial score (nSPS) is 16.6. The number of benzene rings is 1. The molecule has 0 saturated heterocycles. The number of rotatable bonds is 0. The fourth-order valence-electron chi connectivity index (χ4n) is 3.81. The third-order valence-electron chi connectivity index (χ3n) is 5.23. The molecule has 3 aromatic rings. The second-order valence-electron chi connectivity index (χ2n) is 6.63. The average Bonchev–Trinajstić information content (AvgIpc) is 3.07. The zero-order valence-electron chi connectivity index (χ0n) is 15.8. The number of aromatic hydroxyl groups is 1.